The maximum absolute atomic E-state index is 13.1. The molecule has 1 aliphatic carbocycles. The molecular formula is C7H6F4O. The van der Waals surface area contributed by atoms with Crippen molar-refractivity contribution in [2.75, 3.05) is 0 Å². The number of hydrogen-bond acceptors (Lipinski definition) is 1. The molecule has 0 amide bonds. The van der Waals surface area contributed by atoms with Gasteiger partial charge in [0.15, 0.2) is 12.0 Å². The summed E-state index contributed by atoms with van der Waals surface area (Å²) in [6.45, 7) is 0. The van der Waals surface area contributed by atoms with Gasteiger partial charge in [-0.1, -0.05) is 0 Å². The minimum Gasteiger partial charge on any atom is -0.298 e. The molecule has 12 heavy (non-hydrogen) atoms. The molecule has 1 aliphatic rings. The molecule has 0 bridgehead atoms. The van der Waals surface area contributed by atoms with Crippen LogP contribution in [0.5, 0.6) is 0 Å². The second kappa shape index (κ2) is 2.88. The maximum Gasteiger partial charge on any atom is 0.280 e. The summed E-state index contributed by atoms with van der Waals surface area (Å²) in [4.78, 5) is 9.99. The Balaban J connectivity index is 2.94. The van der Waals surface area contributed by atoms with Crippen LogP contribution in [0.4, 0.5) is 17.6 Å². The Hall–Kier alpha value is -0.870. The van der Waals surface area contributed by atoms with Gasteiger partial charge in [-0.3, -0.25) is 4.79 Å². The van der Waals surface area contributed by atoms with E-state index in [0.29, 0.717) is 0 Å². The summed E-state index contributed by atoms with van der Waals surface area (Å²) >= 11 is 0. The number of carbonyl (C=O) groups excluding carboxylic acids is 1. The number of rotatable bonds is 2. The van der Waals surface area contributed by atoms with Gasteiger partial charge >= 0.3 is 0 Å². The first-order chi connectivity index (χ1) is 5.52. The highest BCUT2D eigenvalue weighted by molar-refractivity contribution is 5.77. The summed E-state index contributed by atoms with van der Waals surface area (Å²) in [6.07, 6.45) is -5.18. The normalized spacial score (nSPS) is 33.8. The molecule has 0 aromatic rings. The largest absolute Gasteiger partial charge is 0.298 e. The van der Waals surface area contributed by atoms with Crippen LogP contribution in [-0.4, -0.2) is 18.1 Å². The van der Waals surface area contributed by atoms with E-state index in [9.17, 15) is 22.4 Å². The minimum atomic E-state index is -2.74. The van der Waals surface area contributed by atoms with Crippen LogP contribution < -0.4 is 0 Å². The van der Waals surface area contributed by atoms with E-state index in [2.05, 4.69) is 0 Å². The van der Waals surface area contributed by atoms with Crippen molar-refractivity contribution in [3.63, 3.8) is 0 Å². The van der Waals surface area contributed by atoms with E-state index in [1.54, 1.807) is 0 Å². The number of carbonyl (C=O) groups is 1. The topological polar surface area (TPSA) is 17.1 Å². The lowest BCUT2D eigenvalue weighted by atomic mass is 9.75. The zero-order valence-corrected chi connectivity index (χ0v) is 5.99. The molecule has 68 valence electrons. The van der Waals surface area contributed by atoms with Gasteiger partial charge in [0.25, 0.3) is 6.08 Å². The maximum atomic E-state index is 13.1. The fourth-order valence-electron chi connectivity index (χ4n) is 1.11. The molecule has 0 aromatic carbocycles. The summed E-state index contributed by atoms with van der Waals surface area (Å²) in [5, 5.41) is 0. The van der Waals surface area contributed by atoms with Gasteiger partial charge in [0.2, 0.25) is 0 Å². The summed E-state index contributed by atoms with van der Waals surface area (Å²) in [6, 6.07) is 0. The van der Waals surface area contributed by atoms with Crippen molar-refractivity contribution in [3.05, 3.63) is 11.7 Å². The molecule has 2 atom stereocenters. The molecule has 0 saturated heterocycles. The molecule has 1 nitrogen and oxygen atoms in total. The lowest BCUT2D eigenvalue weighted by Gasteiger charge is -2.37. The molecule has 2 unspecified atom stereocenters. The molecule has 0 aliphatic heterocycles. The second-order valence-corrected chi connectivity index (χ2v) is 2.66. The van der Waals surface area contributed by atoms with Gasteiger partial charge in [-0.25, -0.2) is 8.78 Å². The standard InChI is InChI=1S/C7H6F4O/c8-5-1-2-7(5,11)4(3-12)6(9)10/h3,5H,1-2H2. The van der Waals surface area contributed by atoms with Crippen molar-refractivity contribution in [2.24, 2.45) is 0 Å². The van der Waals surface area contributed by atoms with Crippen molar-refractivity contribution in [1.82, 2.24) is 0 Å². The van der Waals surface area contributed by atoms with E-state index in [1.165, 1.54) is 0 Å². The van der Waals surface area contributed by atoms with Crippen molar-refractivity contribution >= 4 is 6.29 Å². The molecule has 0 spiro atoms. The van der Waals surface area contributed by atoms with Crippen LogP contribution in [0.15, 0.2) is 11.7 Å². The van der Waals surface area contributed by atoms with E-state index in [4.69, 9.17) is 0 Å². The fourth-order valence-corrected chi connectivity index (χ4v) is 1.11. The van der Waals surface area contributed by atoms with Crippen molar-refractivity contribution in [1.29, 1.82) is 0 Å². The van der Waals surface area contributed by atoms with Crippen LogP contribution in [-0.2, 0) is 4.79 Å². The Morgan fingerprint density at radius 2 is 2.08 bits per heavy atom. The average Bonchev–Trinajstić information content (AvgIpc) is 2.02. The first kappa shape index (κ1) is 9.22. The lowest BCUT2D eigenvalue weighted by molar-refractivity contribution is -0.109. The van der Waals surface area contributed by atoms with Gasteiger partial charge in [-0.15, -0.1) is 0 Å². The highest BCUT2D eigenvalue weighted by atomic mass is 19.3. The van der Waals surface area contributed by atoms with Gasteiger partial charge in [0.1, 0.15) is 6.17 Å². The Morgan fingerprint density at radius 1 is 1.50 bits per heavy atom. The number of halogens is 4. The van der Waals surface area contributed by atoms with Crippen LogP contribution in [0, 0.1) is 0 Å². The quantitative estimate of drug-likeness (QED) is 0.363. The summed E-state index contributed by atoms with van der Waals surface area (Å²) in [5.74, 6) is 0. The zero-order chi connectivity index (χ0) is 9.35. The third-order valence-electron chi connectivity index (χ3n) is 2.03. The third kappa shape index (κ3) is 1.13. The van der Waals surface area contributed by atoms with Gasteiger partial charge in [-0.2, -0.15) is 8.78 Å². The Morgan fingerprint density at radius 3 is 2.17 bits per heavy atom. The zero-order valence-electron chi connectivity index (χ0n) is 5.99. The molecule has 5 heteroatoms. The van der Waals surface area contributed by atoms with E-state index in [-0.39, 0.29) is 19.1 Å². The predicted octanol–water partition coefficient (Wildman–Crippen LogP) is 2.18. The van der Waals surface area contributed by atoms with Gasteiger partial charge in [-0.05, 0) is 12.8 Å². The summed E-state index contributed by atoms with van der Waals surface area (Å²) in [5.41, 5.74) is -4.08. The van der Waals surface area contributed by atoms with E-state index in [1.807, 2.05) is 0 Å². The smallest absolute Gasteiger partial charge is 0.280 e. The Bertz CT molecular complexity index is 234. The molecule has 1 rings (SSSR count). The number of alkyl halides is 2. The van der Waals surface area contributed by atoms with E-state index < -0.39 is 23.5 Å². The van der Waals surface area contributed by atoms with Gasteiger partial charge in [0.05, 0.1) is 5.57 Å². The summed E-state index contributed by atoms with van der Waals surface area (Å²) < 4.78 is 49.2. The van der Waals surface area contributed by atoms with Crippen molar-refractivity contribution in [2.45, 2.75) is 24.7 Å². The number of hydrogen-bond donors (Lipinski definition) is 0. The average molecular weight is 182 g/mol. The molecule has 0 radical (unpaired) electrons. The molecule has 1 saturated carbocycles. The molecule has 0 N–H and O–H groups in total. The van der Waals surface area contributed by atoms with Crippen LogP contribution in [0.25, 0.3) is 0 Å². The SMILES string of the molecule is O=CC(=C(F)F)C1(F)CCC1F. The van der Waals surface area contributed by atoms with Crippen LogP contribution in [0.2, 0.25) is 0 Å². The molecular weight excluding hydrogens is 176 g/mol. The first-order valence-corrected chi connectivity index (χ1v) is 3.36. The van der Waals surface area contributed by atoms with Gasteiger partial charge < -0.3 is 0 Å². The summed E-state index contributed by atoms with van der Waals surface area (Å²) in [7, 11) is 0. The minimum absolute atomic E-state index is 0.110. The monoisotopic (exact) mass is 182 g/mol. The fraction of sp³-hybridized carbons (Fsp3) is 0.571. The van der Waals surface area contributed by atoms with Crippen molar-refractivity contribution < 1.29 is 22.4 Å². The van der Waals surface area contributed by atoms with Crippen molar-refractivity contribution in [3.8, 4) is 0 Å². The molecule has 1 fully saturated rings. The third-order valence-corrected chi connectivity index (χ3v) is 2.03. The highest BCUT2D eigenvalue weighted by Gasteiger charge is 2.53. The highest BCUT2D eigenvalue weighted by Crippen LogP contribution is 2.44. The predicted molar refractivity (Wildman–Crippen MR) is 33.3 cm³/mol. The number of aldehydes is 1. The van der Waals surface area contributed by atoms with E-state index >= 15 is 0 Å². The molecule has 0 aromatic heterocycles. The Labute approximate surface area is 66.1 Å². The Kier molecular flexibility index (Phi) is 2.21. The van der Waals surface area contributed by atoms with Crippen LogP contribution in [0.3, 0.4) is 0 Å². The van der Waals surface area contributed by atoms with E-state index in [0.717, 1.165) is 0 Å². The second-order valence-electron chi connectivity index (χ2n) is 2.66. The lowest BCUT2D eigenvalue weighted by Crippen LogP contribution is -2.47. The number of allylic oxidation sites excluding steroid dienone is 1. The first-order valence-electron chi connectivity index (χ1n) is 3.36. The van der Waals surface area contributed by atoms with Crippen LogP contribution >= 0.6 is 0 Å². The molecule has 0 heterocycles. The van der Waals surface area contributed by atoms with Crippen LogP contribution in [0.1, 0.15) is 12.8 Å². The van der Waals surface area contributed by atoms with Gasteiger partial charge in [0, 0.05) is 0 Å².